The van der Waals surface area contributed by atoms with Crippen molar-refractivity contribution in [3.63, 3.8) is 0 Å². The summed E-state index contributed by atoms with van der Waals surface area (Å²) in [7, 11) is -2.51. The highest BCUT2D eigenvalue weighted by atomic mass is 79.9. The van der Waals surface area contributed by atoms with Gasteiger partial charge in [0.2, 0.25) is 0 Å². The molecule has 0 fully saturated rings. The molecule has 0 amide bonds. The number of fused-ring (bicyclic) bond motifs is 1. The first-order valence-electron chi connectivity index (χ1n) is 8.88. The van der Waals surface area contributed by atoms with E-state index in [1.54, 1.807) is 60.7 Å². The number of hydrogen-bond donors (Lipinski definition) is 0. The summed E-state index contributed by atoms with van der Waals surface area (Å²) in [6.07, 6.45) is 0. The van der Waals surface area contributed by atoms with E-state index in [-0.39, 0.29) is 16.2 Å². The quantitative estimate of drug-likeness (QED) is 0.388. The SMILES string of the molecule is COc1cc(Br)ccc1-n1c(=O)ccc2cc(S(=O)(=O)Oc3ccccc3)ccc21. The van der Waals surface area contributed by atoms with Gasteiger partial charge in [0.05, 0.1) is 18.3 Å². The van der Waals surface area contributed by atoms with E-state index in [1.165, 1.54) is 29.9 Å². The normalized spacial score (nSPS) is 11.4. The summed E-state index contributed by atoms with van der Waals surface area (Å²) in [6, 6.07) is 21.0. The number of benzene rings is 3. The Balaban J connectivity index is 1.85. The molecule has 8 heteroatoms. The summed E-state index contributed by atoms with van der Waals surface area (Å²) in [4.78, 5) is 12.7. The predicted molar refractivity (Wildman–Crippen MR) is 118 cm³/mol. The fraction of sp³-hybridized carbons (Fsp3) is 0.0455. The second-order valence-corrected chi connectivity index (χ2v) is 8.86. The second kappa shape index (κ2) is 7.97. The highest BCUT2D eigenvalue weighted by molar-refractivity contribution is 9.10. The molecule has 152 valence electrons. The first-order valence-corrected chi connectivity index (χ1v) is 11.1. The van der Waals surface area contributed by atoms with Crippen molar-refractivity contribution in [1.29, 1.82) is 0 Å². The van der Waals surface area contributed by atoms with Crippen LogP contribution in [0.1, 0.15) is 0 Å². The number of aromatic nitrogens is 1. The van der Waals surface area contributed by atoms with Gasteiger partial charge in [-0.2, -0.15) is 8.42 Å². The van der Waals surface area contributed by atoms with Crippen LogP contribution in [0.15, 0.2) is 93.0 Å². The molecule has 0 saturated heterocycles. The minimum absolute atomic E-state index is 0.00757. The Morgan fingerprint density at radius 3 is 2.40 bits per heavy atom. The molecule has 30 heavy (non-hydrogen) atoms. The number of pyridine rings is 1. The van der Waals surface area contributed by atoms with E-state index in [9.17, 15) is 13.2 Å². The molecule has 4 rings (SSSR count). The smallest absolute Gasteiger partial charge is 0.339 e. The van der Waals surface area contributed by atoms with Crippen molar-refractivity contribution >= 4 is 37.0 Å². The van der Waals surface area contributed by atoms with Crippen molar-refractivity contribution in [3.8, 4) is 17.2 Å². The summed E-state index contributed by atoms with van der Waals surface area (Å²) in [6.45, 7) is 0. The van der Waals surface area contributed by atoms with Crippen LogP contribution in [0.3, 0.4) is 0 Å². The molecule has 0 spiro atoms. The summed E-state index contributed by atoms with van der Waals surface area (Å²) < 4.78 is 38.3. The Kier molecular flexibility index (Phi) is 5.36. The number of nitrogens with zero attached hydrogens (tertiary/aromatic N) is 1. The molecule has 1 heterocycles. The zero-order valence-corrected chi connectivity index (χ0v) is 18.2. The molecule has 0 aliphatic rings. The van der Waals surface area contributed by atoms with Gasteiger partial charge < -0.3 is 8.92 Å². The van der Waals surface area contributed by atoms with E-state index in [1.807, 2.05) is 0 Å². The molecular formula is C22H16BrNO5S. The zero-order chi connectivity index (χ0) is 21.3. The van der Waals surface area contributed by atoms with Crippen LogP contribution in [0.25, 0.3) is 16.6 Å². The number of halogens is 1. The monoisotopic (exact) mass is 485 g/mol. The van der Waals surface area contributed by atoms with Crippen LogP contribution in [-0.2, 0) is 10.1 Å². The van der Waals surface area contributed by atoms with Gasteiger partial charge in [0.15, 0.2) is 0 Å². The van der Waals surface area contributed by atoms with Gasteiger partial charge in [-0.1, -0.05) is 34.1 Å². The Morgan fingerprint density at radius 2 is 1.67 bits per heavy atom. The third-order valence-electron chi connectivity index (χ3n) is 4.49. The Bertz CT molecular complexity index is 1400. The molecule has 0 saturated carbocycles. The van der Waals surface area contributed by atoms with Gasteiger partial charge in [0.25, 0.3) is 5.56 Å². The summed E-state index contributed by atoms with van der Waals surface area (Å²) in [5.41, 5.74) is 0.827. The number of para-hydroxylation sites is 1. The maximum absolute atomic E-state index is 12.7. The van der Waals surface area contributed by atoms with Crippen LogP contribution >= 0.6 is 15.9 Å². The number of hydrogen-bond acceptors (Lipinski definition) is 5. The Hall–Kier alpha value is -3.10. The molecule has 0 radical (unpaired) electrons. The standard InChI is InChI=1S/C22H16BrNO5S/c1-28-21-14-16(23)8-10-20(21)24-19-11-9-18(13-15(19)7-12-22(24)25)30(26,27)29-17-5-3-2-4-6-17/h2-14H,1H3. The van der Waals surface area contributed by atoms with E-state index in [4.69, 9.17) is 8.92 Å². The summed E-state index contributed by atoms with van der Waals surface area (Å²) in [5, 5.41) is 0.567. The van der Waals surface area contributed by atoms with Gasteiger partial charge >= 0.3 is 10.1 Å². The molecular weight excluding hydrogens is 470 g/mol. The van der Waals surface area contributed by atoms with Crippen molar-refractivity contribution in [2.45, 2.75) is 4.90 Å². The van der Waals surface area contributed by atoms with E-state index in [0.717, 1.165) is 4.47 Å². The van der Waals surface area contributed by atoms with Crippen molar-refractivity contribution in [2.75, 3.05) is 7.11 Å². The highest BCUT2D eigenvalue weighted by Crippen LogP contribution is 2.29. The van der Waals surface area contributed by atoms with Gasteiger partial charge in [-0.05, 0) is 54.6 Å². The van der Waals surface area contributed by atoms with Crippen molar-refractivity contribution < 1.29 is 17.3 Å². The molecule has 1 aromatic heterocycles. The van der Waals surface area contributed by atoms with Gasteiger partial charge in [-0.25, -0.2) is 0 Å². The third kappa shape index (κ3) is 3.83. The predicted octanol–water partition coefficient (Wildman–Crippen LogP) is 4.53. The van der Waals surface area contributed by atoms with Gasteiger partial charge in [-0.15, -0.1) is 0 Å². The maximum Gasteiger partial charge on any atom is 0.339 e. The molecule has 0 atom stereocenters. The molecule has 0 aliphatic heterocycles. The van der Waals surface area contributed by atoms with Crippen molar-refractivity contribution in [1.82, 2.24) is 4.57 Å². The fourth-order valence-corrected chi connectivity index (χ4v) is 4.42. The molecule has 4 aromatic rings. The third-order valence-corrected chi connectivity index (χ3v) is 6.22. The molecule has 3 aromatic carbocycles. The lowest BCUT2D eigenvalue weighted by Gasteiger charge is -2.15. The van der Waals surface area contributed by atoms with Crippen LogP contribution in [0, 0.1) is 0 Å². The van der Waals surface area contributed by atoms with Crippen LogP contribution in [0.4, 0.5) is 0 Å². The Labute approximate surface area is 181 Å². The lowest BCUT2D eigenvalue weighted by atomic mass is 10.2. The van der Waals surface area contributed by atoms with Gasteiger partial charge in [0, 0.05) is 15.9 Å². The minimum Gasteiger partial charge on any atom is -0.495 e. The van der Waals surface area contributed by atoms with Gasteiger partial charge in [0.1, 0.15) is 16.4 Å². The molecule has 0 N–H and O–H groups in total. The fourth-order valence-electron chi connectivity index (χ4n) is 3.12. The van der Waals surface area contributed by atoms with Crippen LogP contribution in [0.5, 0.6) is 11.5 Å². The van der Waals surface area contributed by atoms with Crippen molar-refractivity contribution in [2.24, 2.45) is 0 Å². The topological polar surface area (TPSA) is 74.6 Å². The summed E-state index contributed by atoms with van der Waals surface area (Å²) >= 11 is 3.39. The second-order valence-electron chi connectivity index (χ2n) is 6.39. The van der Waals surface area contributed by atoms with E-state index in [0.29, 0.717) is 22.3 Å². The number of rotatable bonds is 5. The van der Waals surface area contributed by atoms with E-state index in [2.05, 4.69) is 15.9 Å². The zero-order valence-electron chi connectivity index (χ0n) is 15.8. The first-order chi connectivity index (χ1) is 14.4. The number of methoxy groups -OCH3 is 1. The maximum atomic E-state index is 12.7. The first kappa shape index (κ1) is 20.2. The lowest BCUT2D eigenvalue weighted by molar-refractivity contribution is 0.412. The number of ether oxygens (including phenoxy) is 1. The molecule has 6 nitrogen and oxygen atoms in total. The molecule has 0 aliphatic carbocycles. The van der Waals surface area contributed by atoms with Crippen molar-refractivity contribution in [3.05, 3.63) is 93.7 Å². The van der Waals surface area contributed by atoms with Crippen LogP contribution < -0.4 is 14.5 Å². The summed E-state index contributed by atoms with van der Waals surface area (Å²) in [5.74, 6) is 0.727. The van der Waals surface area contributed by atoms with E-state index < -0.39 is 10.1 Å². The largest absolute Gasteiger partial charge is 0.495 e. The van der Waals surface area contributed by atoms with E-state index >= 15 is 0 Å². The highest BCUT2D eigenvalue weighted by Gasteiger charge is 2.19. The van der Waals surface area contributed by atoms with Gasteiger partial charge in [-0.3, -0.25) is 9.36 Å². The molecule has 0 unspecified atom stereocenters. The minimum atomic E-state index is -4.03. The average molecular weight is 486 g/mol. The van der Waals surface area contributed by atoms with Crippen LogP contribution in [-0.4, -0.2) is 20.1 Å². The van der Waals surface area contributed by atoms with Crippen LogP contribution in [0.2, 0.25) is 0 Å². The lowest BCUT2D eigenvalue weighted by Crippen LogP contribution is -2.18. The average Bonchev–Trinajstić information content (AvgIpc) is 2.74. The Morgan fingerprint density at radius 1 is 0.900 bits per heavy atom. The molecule has 0 bridgehead atoms.